The minimum atomic E-state index is -2.18. The van der Waals surface area contributed by atoms with Gasteiger partial charge in [0.25, 0.3) is 0 Å². The minimum Gasteiger partial charge on any atom is -0.447 e. The van der Waals surface area contributed by atoms with Gasteiger partial charge < -0.3 is 33.6 Å². The van der Waals surface area contributed by atoms with E-state index in [2.05, 4.69) is 55.4 Å². The van der Waals surface area contributed by atoms with Gasteiger partial charge in [0.05, 0.1) is 43.0 Å². The van der Waals surface area contributed by atoms with Gasteiger partial charge in [-0.15, -0.1) is 0 Å². The molecular formula is C46H71NO9Si. The second-order valence-electron chi connectivity index (χ2n) is 18.5. The van der Waals surface area contributed by atoms with Crippen LogP contribution in [0, 0.1) is 29.6 Å². The van der Waals surface area contributed by atoms with Gasteiger partial charge in [-0.2, -0.15) is 0 Å². The predicted octanol–water partition coefficient (Wildman–Crippen LogP) is 8.70. The lowest BCUT2D eigenvalue weighted by Gasteiger charge is -2.46. The lowest BCUT2D eigenvalue weighted by atomic mass is 9.75. The van der Waals surface area contributed by atoms with Gasteiger partial charge in [-0.3, -0.25) is 4.79 Å². The van der Waals surface area contributed by atoms with Crippen molar-refractivity contribution >= 4 is 20.3 Å². The summed E-state index contributed by atoms with van der Waals surface area (Å²) < 4.78 is 32.0. The Kier molecular flexibility index (Phi) is 14.9. The molecule has 2 aromatic rings. The Morgan fingerprint density at radius 2 is 1.39 bits per heavy atom. The highest BCUT2D eigenvalue weighted by Crippen LogP contribution is 2.48. The third-order valence-corrected chi connectivity index (χ3v) is 20.0. The molecule has 57 heavy (non-hydrogen) atoms. The zero-order valence-corrected chi connectivity index (χ0v) is 37.5. The summed E-state index contributed by atoms with van der Waals surface area (Å²) in [7, 11) is -2.18. The number of hydrogen-bond acceptors (Lipinski definition) is 9. The third kappa shape index (κ3) is 9.56. The van der Waals surface area contributed by atoms with E-state index < -0.39 is 62.5 Å². The monoisotopic (exact) mass is 809 g/mol. The number of carbonyl (C=O) groups excluding carboxylic acids is 2. The van der Waals surface area contributed by atoms with Crippen molar-refractivity contribution in [1.29, 1.82) is 0 Å². The third-order valence-electron chi connectivity index (χ3n) is 13.8. The molecule has 3 saturated heterocycles. The molecule has 318 valence electrons. The van der Waals surface area contributed by atoms with E-state index in [-0.39, 0.29) is 42.5 Å². The number of ether oxygens (including phenoxy) is 4. The summed E-state index contributed by atoms with van der Waals surface area (Å²) in [5.74, 6) is -2.09. The number of aliphatic hydroxyl groups excluding tert-OH is 2. The van der Waals surface area contributed by atoms with Gasteiger partial charge in [0.1, 0.15) is 12.2 Å². The molecule has 2 aromatic carbocycles. The highest BCUT2D eigenvalue weighted by molar-refractivity contribution is 6.77. The van der Waals surface area contributed by atoms with Crippen LogP contribution in [0.4, 0.5) is 4.79 Å². The molecule has 0 spiro atoms. The van der Waals surface area contributed by atoms with Gasteiger partial charge in [0.15, 0.2) is 6.29 Å². The second-order valence-corrected chi connectivity index (χ2v) is 24.0. The van der Waals surface area contributed by atoms with Gasteiger partial charge in [0, 0.05) is 29.4 Å². The summed E-state index contributed by atoms with van der Waals surface area (Å²) in [4.78, 5) is 28.6. The number of amides is 2. The molecule has 11 heteroatoms. The first-order valence-corrected chi connectivity index (χ1v) is 23.6. The van der Waals surface area contributed by atoms with Gasteiger partial charge in [-0.25, -0.2) is 9.69 Å². The quantitative estimate of drug-likeness (QED) is 0.112. The average molecular weight is 810 g/mol. The molecule has 0 radical (unpaired) electrons. The van der Waals surface area contributed by atoms with E-state index in [4.69, 9.17) is 23.4 Å². The van der Waals surface area contributed by atoms with Crippen LogP contribution in [0.2, 0.25) is 16.6 Å². The van der Waals surface area contributed by atoms with E-state index in [9.17, 15) is 19.8 Å². The maximum atomic E-state index is 14.3. The van der Waals surface area contributed by atoms with Gasteiger partial charge >= 0.3 is 6.09 Å². The van der Waals surface area contributed by atoms with Crippen molar-refractivity contribution in [3.05, 3.63) is 71.8 Å². The molecule has 0 saturated carbocycles. The van der Waals surface area contributed by atoms with Crippen LogP contribution in [-0.4, -0.2) is 90.8 Å². The Balaban J connectivity index is 1.31. The number of rotatable bonds is 18. The Bertz CT molecular complexity index is 1580. The Hall–Kier alpha value is -2.64. The number of imide groups is 1. The zero-order chi connectivity index (χ0) is 42.0. The topological polar surface area (TPSA) is 127 Å². The fourth-order valence-electron chi connectivity index (χ4n) is 10.3. The first-order chi connectivity index (χ1) is 26.9. The van der Waals surface area contributed by atoms with E-state index in [1.807, 2.05) is 88.4 Å². The number of hydrogen-bond donors (Lipinski definition) is 2. The van der Waals surface area contributed by atoms with E-state index in [1.165, 1.54) is 4.90 Å². The molecule has 3 aliphatic rings. The van der Waals surface area contributed by atoms with Gasteiger partial charge in [-0.05, 0) is 47.9 Å². The van der Waals surface area contributed by atoms with Crippen molar-refractivity contribution in [2.45, 2.75) is 161 Å². The number of aliphatic hydroxyl groups is 2. The molecule has 5 rings (SSSR count). The van der Waals surface area contributed by atoms with Crippen molar-refractivity contribution in [3.63, 3.8) is 0 Å². The molecule has 0 aliphatic carbocycles. The van der Waals surface area contributed by atoms with Crippen LogP contribution in [0.15, 0.2) is 60.7 Å². The van der Waals surface area contributed by atoms with Crippen molar-refractivity contribution in [1.82, 2.24) is 4.90 Å². The normalized spacial score (nSPS) is 29.2. The van der Waals surface area contributed by atoms with Crippen LogP contribution in [0.25, 0.3) is 0 Å². The summed E-state index contributed by atoms with van der Waals surface area (Å²) in [6.45, 7) is 26.0. The van der Waals surface area contributed by atoms with E-state index in [0.717, 1.165) is 11.1 Å². The molecular weight excluding hydrogens is 739 g/mol. The number of carbonyl (C=O) groups is 2. The standard InChI is InChI=1S/C46H71NO9Si/c1-27(2)57(28(3)4,29(5)6)56-35(12)31(8)39(48)32(9)42(49)46(26-53-46)24-30(7)40-33(10)41(55-44(54-40)37-21-17-14-18-22-37)34(11)43(50)47-38(25-52-45(47)51)23-36-19-15-13-16-20-36/h13-22,27-35,38-42,44,48-49H,23-26H2,1-12H3/t30-,31-,32+,33+,34+,35+,38+,39-,40-,41-,42-,44-,46+/m0/s1. The number of benzene rings is 2. The molecule has 2 N–H and O–H groups in total. The number of nitrogens with zero attached hydrogens (tertiary/aromatic N) is 1. The van der Waals surface area contributed by atoms with Crippen LogP contribution in [-0.2, 0) is 34.6 Å². The van der Waals surface area contributed by atoms with E-state index in [0.29, 0.717) is 36.1 Å². The summed E-state index contributed by atoms with van der Waals surface area (Å²) in [5.41, 5.74) is 2.25. The number of epoxide rings is 1. The molecule has 3 aliphatic heterocycles. The van der Waals surface area contributed by atoms with Gasteiger partial charge in [-0.1, -0.05) is 137 Å². The summed E-state index contributed by atoms with van der Waals surface area (Å²) in [6, 6.07) is 19.0. The van der Waals surface area contributed by atoms with Crippen molar-refractivity contribution in [2.24, 2.45) is 29.6 Å². The molecule has 0 bridgehead atoms. The first-order valence-electron chi connectivity index (χ1n) is 21.4. The molecule has 3 fully saturated rings. The Morgan fingerprint density at radius 3 is 1.93 bits per heavy atom. The van der Waals surface area contributed by atoms with Crippen LogP contribution >= 0.6 is 0 Å². The molecule has 3 heterocycles. The minimum absolute atomic E-state index is 0.126. The van der Waals surface area contributed by atoms with Crippen molar-refractivity contribution in [3.8, 4) is 0 Å². The highest BCUT2D eigenvalue weighted by atomic mass is 28.4. The fraction of sp³-hybridized carbons (Fsp3) is 0.696. The second kappa shape index (κ2) is 18.7. The predicted molar refractivity (Wildman–Crippen MR) is 224 cm³/mol. The number of cyclic esters (lactones) is 1. The fourth-order valence-corrected chi connectivity index (χ4v) is 16.0. The maximum absolute atomic E-state index is 14.3. The lowest BCUT2D eigenvalue weighted by molar-refractivity contribution is -0.289. The maximum Gasteiger partial charge on any atom is 0.416 e. The smallest absolute Gasteiger partial charge is 0.416 e. The van der Waals surface area contributed by atoms with E-state index in [1.54, 1.807) is 0 Å². The summed E-state index contributed by atoms with van der Waals surface area (Å²) in [5, 5.41) is 23.7. The summed E-state index contributed by atoms with van der Waals surface area (Å²) in [6.07, 6.45) is -3.29. The summed E-state index contributed by atoms with van der Waals surface area (Å²) >= 11 is 0. The Labute approximate surface area is 343 Å². The van der Waals surface area contributed by atoms with Crippen molar-refractivity contribution < 1.29 is 43.2 Å². The first kappa shape index (κ1) is 45.4. The zero-order valence-electron chi connectivity index (χ0n) is 36.5. The molecule has 10 nitrogen and oxygen atoms in total. The lowest BCUT2D eigenvalue weighted by Crippen LogP contribution is -2.54. The Morgan fingerprint density at radius 1 is 0.842 bits per heavy atom. The van der Waals surface area contributed by atoms with Gasteiger partial charge in [0.2, 0.25) is 14.2 Å². The van der Waals surface area contributed by atoms with Crippen LogP contribution in [0.1, 0.15) is 107 Å². The molecule has 2 amide bonds. The molecule has 13 atom stereocenters. The van der Waals surface area contributed by atoms with Crippen LogP contribution < -0.4 is 0 Å². The van der Waals surface area contributed by atoms with Crippen LogP contribution in [0.3, 0.4) is 0 Å². The largest absolute Gasteiger partial charge is 0.447 e. The molecule has 0 unspecified atom stereocenters. The van der Waals surface area contributed by atoms with Crippen LogP contribution in [0.5, 0.6) is 0 Å². The van der Waals surface area contributed by atoms with E-state index >= 15 is 0 Å². The molecule has 0 aromatic heterocycles. The highest BCUT2D eigenvalue weighted by Gasteiger charge is 2.57. The van der Waals surface area contributed by atoms with Crippen molar-refractivity contribution in [2.75, 3.05) is 13.2 Å². The SMILES string of the molecule is CC(C)[Si](O[C@H](C)[C@H](C)[C@H](O)[C@@H](C)[C@H](O)[C@@]1(C[C@H](C)[C@@H]2O[C@H](c3ccccc3)O[C@H]([C@@H](C)C(=O)N3C(=O)OC[C@H]3Cc3ccccc3)[C@@H]2C)CO1)(C(C)C)C(C)C. The average Bonchev–Trinajstić information content (AvgIpc) is 3.88.